The van der Waals surface area contributed by atoms with Gasteiger partial charge in [0.05, 0.1) is 13.2 Å². The van der Waals surface area contributed by atoms with Crippen molar-refractivity contribution in [2.24, 2.45) is 0 Å². The number of hydrogen-bond acceptors (Lipinski definition) is 5. The highest BCUT2D eigenvalue weighted by Crippen LogP contribution is 2.28. The van der Waals surface area contributed by atoms with Crippen LogP contribution in [0.2, 0.25) is 0 Å². The van der Waals surface area contributed by atoms with E-state index in [1.807, 2.05) is 0 Å². The van der Waals surface area contributed by atoms with Gasteiger partial charge in [-0.3, -0.25) is 0 Å². The van der Waals surface area contributed by atoms with Gasteiger partial charge in [0, 0.05) is 12.7 Å². The number of carbonyl (C=O) groups is 1. The molecule has 9 heteroatoms. The minimum Gasteiger partial charge on any atom is -0.479 e. The van der Waals surface area contributed by atoms with Gasteiger partial charge in [-0.1, -0.05) is 0 Å². The molecule has 0 spiro atoms. The predicted octanol–water partition coefficient (Wildman–Crippen LogP) is 0.785. The lowest BCUT2D eigenvalue weighted by Gasteiger charge is -2.30. The number of rotatable bonds is 2. The first-order valence-corrected chi connectivity index (χ1v) is 5.37. The molecule has 2 rings (SSSR count). The molecule has 1 aromatic rings. The van der Waals surface area contributed by atoms with Gasteiger partial charge in [-0.2, -0.15) is 13.2 Å². The Balaban J connectivity index is 2.20. The van der Waals surface area contributed by atoms with Crippen molar-refractivity contribution < 1.29 is 27.8 Å². The fourth-order valence-electron chi connectivity index (χ4n) is 1.64. The number of hydrogen-bond donors (Lipinski definition) is 1. The minimum absolute atomic E-state index is 0.0867. The maximum Gasteiger partial charge on any atom is 0.433 e. The molecule has 0 radical (unpaired) electrons. The molecule has 2 heterocycles. The summed E-state index contributed by atoms with van der Waals surface area (Å²) in [4.78, 5) is 19.3. The Labute approximate surface area is 105 Å². The second-order valence-electron chi connectivity index (χ2n) is 3.88. The van der Waals surface area contributed by atoms with Gasteiger partial charge >= 0.3 is 12.1 Å². The summed E-state index contributed by atoms with van der Waals surface area (Å²) in [7, 11) is 0. The Bertz CT molecular complexity index is 481. The van der Waals surface area contributed by atoms with Crippen molar-refractivity contribution in [3.63, 3.8) is 0 Å². The Morgan fingerprint density at radius 3 is 2.89 bits per heavy atom. The lowest BCUT2D eigenvalue weighted by Crippen LogP contribution is -2.46. The SMILES string of the molecule is O=C(O)C1CN(c2nccc(C(F)(F)F)n2)CCO1. The Kier molecular flexibility index (Phi) is 3.56. The van der Waals surface area contributed by atoms with Gasteiger partial charge in [-0.15, -0.1) is 0 Å². The van der Waals surface area contributed by atoms with Crippen LogP contribution in [0.25, 0.3) is 0 Å². The van der Waals surface area contributed by atoms with Crippen LogP contribution >= 0.6 is 0 Å². The standard InChI is InChI=1S/C10H10F3N3O3/c11-10(12,13)7-1-2-14-9(15-7)16-3-4-19-6(5-16)8(17)18/h1-2,6H,3-5H2,(H,17,18). The highest BCUT2D eigenvalue weighted by atomic mass is 19.4. The van der Waals surface area contributed by atoms with Crippen LogP contribution in [0.4, 0.5) is 19.1 Å². The fourth-order valence-corrected chi connectivity index (χ4v) is 1.64. The van der Waals surface area contributed by atoms with Crippen molar-refractivity contribution in [3.05, 3.63) is 18.0 Å². The van der Waals surface area contributed by atoms with Crippen LogP contribution in [-0.4, -0.2) is 46.8 Å². The molecule has 1 saturated heterocycles. The molecular weight excluding hydrogens is 267 g/mol. The smallest absolute Gasteiger partial charge is 0.433 e. The number of halogens is 3. The van der Waals surface area contributed by atoms with Crippen LogP contribution in [0.3, 0.4) is 0 Å². The molecule has 0 aliphatic carbocycles. The van der Waals surface area contributed by atoms with E-state index in [4.69, 9.17) is 9.84 Å². The van der Waals surface area contributed by atoms with Gasteiger partial charge in [0.25, 0.3) is 0 Å². The minimum atomic E-state index is -4.56. The number of aromatic nitrogens is 2. The van der Waals surface area contributed by atoms with Crippen molar-refractivity contribution in [2.75, 3.05) is 24.6 Å². The third kappa shape index (κ3) is 3.11. The van der Waals surface area contributed by atoms with E-state index in [1.165, 1.54) is 4.90 Å². The number of aliphatic carboxylic acids is 1. The zero-order valence-corrected chi connectivity index (χ0v) is 9.59. The number of carboxylic acid groups (broad SMARTS) is 1. The number of morpholine rings is 1. The maximum atomic E-state index is 12.5. The summed E-state index contributed by atoms with van der Waals surface area (Å²) in [6.45, 7) is 0.248. The molecule has 6 nitrogen and oxygen atoms in total. The van der Waals surface area contributed by atoms with E-state index >= 15 is 0 Å². The molecule has 1 aliphatic heterocycles. The summed E-state index contributed by atoms with van der Waals surface area (Å²) < 4.78 is 42.5. The van der Waals surface area contributed by atoms with E-state index in [0.717, 1.165) is 12.3 Å². The van der Waals surface area contributed by atoms with Crippen molar-refractivity contribution in [2.45, 2.75) is 12.3 Å². The molecule has 1 aromatic heterocycles. The third-order valence-corrected chi connectivity index (χ3v) is 2.56. The van der Waals surface area contributed by atoms with Crippen LogP contribution in [0, 0.1) is 0 Å². The van der Waals surface area contributed by atoms with Crippen molar-refractivity contribution >= 4 is 11.9 Å². The van der Waals surface area contributed by atoms with E-state index in [9.17, 15) is 18.0 Å². The summed E-state index contributed by atoms with van der Waals surface area (Å²) in [6.07, 6.45) is -4.65. The summed E-state index contributed by atoms with van der Waals surface area (Å²) >= 11 is 0. The molecule has 1 fully saturated rings. The summed E-state index contributed by atoms with van der Waals surface area (Å²) in [5.74, 6) is -1.32. The summed E-state index contributed by atoms with van der Waals surface area (Å²) in [6, 6.07) is 0.763. The Morgan fingerprint density at radius 2 is 2.26 bits per heavy atom. The zero-order chi connectivity index (χ0) is 14.0. The first-order valence-electron chi connectivity index (χ1n) is 5.37. The number of nitrogens with zero attached hydrogens (tertiary/aromatic N) is 3. The highest BCUT2D eigenvalue weighted by Gasteiger charge is 2.34. The molecule has 1 N–H and O–H groups in total. The van der Waals surface area contributed by atoms with Crippen molar-refractivity contribution in [1.82, 2.24) is 9.97 Å². The average molecular weight is 277 g/mol. The number of alkyl halides is 3. The van der Waals surface area contributed by atoms with Crippen LogP contribution in [0.1, 0.15) is 5.69 Å². The topological polar surface area (TPSA) is 75.5 Å². The van der Waals surface area contributed by atoms with Gasteiger partial charge in [-0.25, -0.2) is 14.8 Å². The Morgan fingerprint density at radius 1 is 1.53 bits per heavy atom. The third-order valence-electron chi connectivity index (χ3n) is 2.56. The molecule has 0 aromatic carbocycles. The van der Waals surface area contributed by atoms with Crippen molar-refractivity contribution in [1.29, 1.82) is 0 Å². The predicted molar refractivity (Wildman–Crippen MR) is 56.6 cm³/mol. The second-order valence-corrected chi connectivity index (χ2v) is 3.88. The average Bonchev–Trinajstić information content (AvgIpc) is 2.38. The first-order chi connectivity index (χ1) is 8.88. The normalized spacial score (nSPS) is 20.4. The van der Waals surface area contributed by atoms with E-state index in [1.54, 1.807) is 0 Å². The van der Waals surface area contributed by atoms with Crippen LogP contribution in [-0.2, 0) is 15.7 Å². The molecule has 19 heavy (non-hydrogen) atoms. The number of carboxylic acids is 1. The van der Waals surface area contributed by atoms with Gasteiger partial charge in [0.15, 0.2) is 6.10 Å². The molecular formula is C10H10F3N3O3. The van der Waals surface area contributed by atoms with Gasteiger partial charge in [-0.05, 0) is 6.07 Å². The molecule has 1 unspecified atom stereocenters. The quantitative estimate of drug-likeness (QED) is 0.861. The largest absolute Gasteiger partial charge is 0.479 e. The van der Waals surface area contributed by atoms with Crippen LogP contribution in [0.15, 0.2) is 12.3 Å². The van der Waals surface area contributed by atoms with Gasteiger partial charge in [0.2, 0.25) is 5.95 Å². The molecule has 0 bridgehead atoms. The lowest BCUT2D eigenvalue weighted by atomic mass is 10.3. The Hall–Kier alpha value is -1.90. The lowest BCUT2D eigenvalue weighted by molar-refractivity contribution is -0.151. The molecule has 1 atom stereocenters. The van der Waals surface area contributed by atoms with E-state index in [-0.39, 0.29) is 25.6 Å². The highest BCUT2D eigenvalue weighted by molar-refractivity contribution is 5.73. The van der Waals surface area contributed by atoms with Crippen LogP contribution < -0.4 is 4.90 Å². The molecule has 0 amide bonds. The first kappa shape index (κ1) is 13.5. The second kappa shape index (κ2) is 5.00. The molecule has 104 valence electrons. The van der Waals surface area contributed by atoms with Gasteiger partial charge < -0.3 is 14.7 Å². The fraction of sp³-hybridized carbons (Fsp3) is 0.500. The van der Waals surface area contributed by atoms with Crippen molar-refractivity contribution in [3.8, 4) is 0 Å². The van der Waals surface area contributed by atoms with E-state index < -0.39 is 23.9 Å². The number of ether oxygens (including phenoxy) is 1. The van der Waals surface area contributed by atoms with Gasteiger partial charge in [0.1, 0.15) is 5.69 Å². The molecule has 0 saturated carbocycles. The number of anilines is 1. The van der Waals surface area contributed by atoms with E-state index in [0.29, 0.717) is 0 Å². The van der Waals surface area contributed by atoms with E-state index in [2.05, 4.69) is 9.97 Å². The zero-order valence-electron chi connectivity index (χ0n) is 9.59. The monoisotopic (exact) mass is 277 g/mol. The van der Waals surface area contributed by atoms with Crippen LogP contribution in [0.5, 0.6) is 0 Å². The summed E-state index contributed by atoms with van der Waals surface area (Å²) in [5, 5.41) is 8.81. The maximum absolute atomic E-state index is 12.5. The summed E-state index contributed by atoms with van der Waals surface area (Å²) in [5.41, 5.74) is -1.06. The molecule has 1 aliphatic rings.